The third-order valence-electron chi connectivity index (χ3n) is 6.20. The van der Waals surface area contributed by atoms with Gasteiger partial charge in [0.15, 0.2) is 5.13 Å². The Balaban J connectivity index is 1.52. The Kier molecular flexibility index (Phi) is 6.13. The highest BCUT2D eigenvalue weighted by Crippen LogP contribution is 2.40. The number of para-hydroxylation sites is 2. The van der Waals surface area contributed by atoms with Crippen molar-refractivity contribution in [2.75, 3.05) is 30.6 Å². The number of anilines is 3. The Hall–Kier alpha value is -3.91. The summed E-state index contributed by atoms with van der Waals surface area (Å²) in [6, 6.07) is 20.8. The van der Waals surface area contributed by atoms with Crippen LogP contribution in [0.2, 0.25) is 0 Å². The monoisotopic (exact) mass is 487 g/mol. The number of benzene rings is 3. The zero-order valence-electron chi connectivity index (χ0n) is 19.7. The first kappa shape index (κ1) is 22.9. The summed E-state index contributed by atoms with van der Waals surface area (Å²) in [4.78, 5) is 35.2. The minimum atomic E-state index is -0.537. The van der Waals surface area contributed by atoms with Gasteiger partial charge in [-0.1, -0.05) is 41.7 Å². The van der Waals surface area contributed by atoms with Crippen molar-refractivity contribution in [3.05, 3.63) is 72.3 Å². The van der Waals surface area contributed by atoms with Crippen LogP contribution >= 0.6 is 11.3 Å². The van der Waals surface area contributed by atoms with Crippen molar-refractivity contribution in [1.82, 2.24) is 4.98 Å². The van der Waals surface area contributed by atoms with E-state index in [1.807, 2.05) is 55.5 Å². The number of thiazole rings is 1. The standard InChI is InChI=1S/C27H25N3O4S/c1-17-8-4-6-10-21(17)30(27-28-20-9-5-7-11-24(20)35-27)26(32)18-14-25(31)29(16-18)22-15-19(33-2)12-13-23(22)34-3/h4-13,15,18H,14,16H2,1-3H3. The lowest BCUT2D eigenvalue weighted by Gasteiger charge is -2.25. The highest BCUT2D eigenvalue weighted by molar-refractivity contribution is 7.22. The van der Waals surface area contributed by atoms with E-state index < -0.39 is 5.92 Å². The molecule has 3 aromatic carbocycles. The van der Waals surface area contributed by atoms with E-state index in [0.29, 0.717) is 22.3 Å². The van der Waals surface area contributed by atoms with Gasteiger partial charge in [0.05, 0.1) is 41.7 Å². The molecule has 0 saturated carbocycles. The maximum atomic E-state index is 14.0. The molecule has 35 heavy (non-hydrogen) atoms. The molecule has 1 fully saturated rings. The smallest absolute Gasteiger partial charge is 0.238 e. The molecule has 178 valence electrons. The second-order valence-corrected chi connectivity index (χ2v) is 9.38. The fourth-order valence-electron chi connectivity index (χ4n) is 4.38. The van der Waals surface area contributed by atoms with Crippen molar-refractivity contribution in [2.45, 2.75) is 13.3 Å². The van der Waals surface area contributed by atoms with Gasteiger partial charge >= 0.3 is 0 Å². The number of hydrogen-bond donors (Lipinski definition) is 0. The first-order valence-electron chi connectivity index (χ1n) is 11.3. The fourth-order valence-corrected chi connectivity index (χ4v) is 5.37. The molecule has 1 unspecified atom stereocenters. The molecular formula is C27H25N3O4S. The maximum Gasteiger partial charge on any atom is 0.238 e. The molecule has 1 aromatic heterocycles. The Morgan fingerprint density at radius 1 is 1.06 bits per heavy atom. The molecule has 1 saturated heterocycles. The number of ether oxygens (including phenoxy) is 2. The van der Waals surface area contributed by atoms with Crippen LogP contribution in [0, 0.1) is 12.8 Å². The first-order valence-corrected chi connectivity index (χ1v) is 12.1. The summed E-state index contributed by atoms with van der Waals surface area (Å²) in [6.07, 6.45) is 0.104. The van der Waals surface area contributed by atoms with E-state index in [-0.39, 0.29) is 24.8 Å². The molecular weight excluding hydrogens is 462 g/mol. The Bertz CT molecular complexity index is 1380. The van der Waals surface area contributed by atoms with Crippen molar-refractivity contribution < 1.29 is 19.1 Å². The molecule has 0 aliphatic carbocycles. The normalized spacial score (nSPS) is 15.5. The molecule has 1 atom stereocenters. The summed E-state index contributed by atoms with van der Waals surface area (Å²) in [7, 11) is 3.13. The number of carbonyl (C=O) groups excluding carboxylic acids is 2. The number of amides is 2. The van der Waals surface area contributed by atoms with Crippen molar-refractivity contribution >= 4 is 49.9 Å². The summed E-state index contributed by atoms with van der Waals surface area (Å²) in [5, 5.41) is 0.593. The Labute approximate surface area is 207 Å². The second kappa shape index (κ2) is 9.38. The lowest BCUT2D eigenvalue weighted by atomic mass is 10.1. The molecule has 5 rings (SSSR count). The van der Waals surface area contributed by atoms with E-state index in [1.54, 1.807) is 42.2 Å². The minimum Gasteiger partial charge on any atom is -0.497 e. The molecule has 4 aromatic rings. The molecule has 7 nitrogen and oxygen atoms in total. The van der Waals surface area contributed by atoms with Gasteiger partial charge in [-0.15, -0.1) is 0 Å². The lowest BCUT2D eigenvalue weighted by Crippen LogP contribution is -2.34. The molecule has 1 aliphatic heterocycles. The van der Waals surface area contributed by atoms with Gasteiger partial charge in [-0.2, -0.15) is 0 Å². The first-order chi connectivity index (χ1) is 17.0. The number of rotatable bonds is 6. The van der Waals surface area contributed by atoms with Crippen molar-refractivity contribution in [2.24, 2.45) is 5.92 Å². The highest BCUT2D eigenvalue weighted by atomic mass is 32.1. The van der Waals surface area contributed by atoms with Crippen LogP contribution in [0.15, 0.2) is 66.7 Å². The summed E-state index contributed by atoms with van der Waals surface area (Å²) in [5.74, 6) is 0.332. The van der Waals surface area contributed by atoms with Gasteiger partial charge in [-0.3, -0.25) is 14.5 Å². The number of methoxy groups -OCH3 is 2. The average Bonchev–Trinajstić information content (AvgIpc) is 3.48. The van der Waals surface area contributed by atoms with Gasteiger partial charge in [0.2, 0.25) is 11.8 Å². The quantitative estimate of drug-likeness (QED) is 0.367. The van der Waals surface area contributed by atoms with Gasteiger partial charge in [0.25, 0.3) is 0 Å². The maximum absolute atomic E-state index is 14.0. The number of nitrogens with zero attached hydrogens (tertiary/aromatic N) is 3. The van der Waals surface area contributed by atoms with E-state index >= 15 is 0 Å². The van der Waals surface area contributed by atoms with E-state index in [1.165, 1.54) is 11.3 Å². The zero-order chi connectivity index (χ0) is 24.5. The fraction of sp³-hybridized carbons (Fsp3) is 0.222. The molecule has 1 aliphatic rings. The van der Waals surface area contributed by atoms with Crippen molar-refractivity contribution in [3.63, 3.8) is 0 Å². The largest absolute Gasteiger partial charge is 0.497 e. The topological polar surface area (TPSA) is 72.0 Å². The van der Waals surface area contributed by atoms with Crippen LogP contribution in [0.25, 0.3) is 10.2 Å². The van der Waals surface area contributed by atoms with Gasteiger partial charge in [0.1, 0.15) is 11.5 Å². The van der Waals surface area contributed by atoms with E-state index in [2.05, 4.69) is 0 Å². The van der Waals surface area contributed by atoms with E-state index in [9.17, 15) is 9.59 Å². The average molecular weight is 488 g/mol. The number of hydrogen-bond acceptors (Lipinski definition) is 6. The summed E-state index contributed by atoms with van der Waals surface area (Å²) in [6.45, 7) is 2.21. The molecule has 8 heteroatoms. The molecule has 0 spiro atoms. The van der Waals surface area contributed by atoms with Crippen LogP contribution in [0.1, 0.15) is 12.0 Å². The summed E-state index contributed by atoms with van der Waals surface area (Å²) < 4.78 is 11.8. The highest BCUT2D eigenvalue weighted by Gasteiger charge is 2.40. The van der Waals surface area contributed by atoms with Gasteiger partial charge in [-0.25, -0.2) is 4.98 Å². The molecule has 0 N–H and O–H groups in total. The van der Waals surface area contributed by atoms with Crippen LogP contribution in [-0.2, 0) is 9.59 Å². The van der Waals surface area contributed by atoms with Crippen LogP contribution < -0.4 is 19.3 Å². The predicted octanol–water partition coefficient (Wildman–Crippen LogP) is 5.34. The van der Waals surface area contributed by atoms with Crippen molar-refractivity contribution in [1.29, 1.82) is 0 Å². The third-order valence-corrected chi connectivity index (χ3v) is 7.22. The lowest BCUT2D eigenvalue weighted by molar-refractivity contribution is -0.123. The summed E-state index contributed by atoms with van der Waals surface area (Å²) in [5.41, 5.74) is 3.15. The number of aryl methyl sites for hydroxylation is 1. The SMILES string of the molecule is COc1ccc(OC)c(N2CC(C(=O)N(c3nc4ccccc4s3)c3ccccc3C)CC2=O)c1. The van der Waals surface area contributed by atoms with Crippen LogP contribution in [0.4, 0.5) is 16.5 Å². The third kappa shape index (κ3) is 4.21. The zero-order valence-corrected chi connectivity index (χ0v) is 20.5. The molecule has 0 bridgehead atoms. The number of fused-ring (bicyclic) bond motifs is 1. The van der Waals surface area contributed by atoms with E-state index in [4.69, 9.17) is 14.5 Å². The predicted molar refractivity (Wildman–Crippen MR) is 138 cm³/mol. The van der Waals surface area contributed by atoms with Crippen LogP contribution in [0.3, 0.4) is 0 Å². The number of aromatic nitrogens is 1. The number of carbonyl (C=O) groups is 2. The van der Waals surface area contributed by atoms with Crippen LogP contribution in [0.5, 0.6) is 11.5 Å². The Morgan fingerprint density at radius 3 is 2.57 bits per heavy atom. The minimum absolute atomic E-state index is 0.104. The molecule has 2 heterocycles. The van der Waals surface area contributed by atoms with Crippen molar-refractivity contribution in [3.8, 4) is 11.5 Å². The molecule has 0 radical (unpaired) electrons. The van der Waals surface area contributed by atoms with Gasteiger partial charge in [0, 0.05) is 19.0 Å². The summed E-state index contributed by atoms with van der Waals surface area (Å²) >= 11 is 1.46. The second-order valence-electron chi connectivity index (χ2n) is 8.37. The van der Waals surface area contributed by atoms with Gasteiger partial charge in [-0.05, 0) is 42.8 Å². The Morgan fingerprint density at radius 2 is 1.83 bits per heavy atom. The van der Waals surface area contributed by atoms with Crippen LogP contribution in [-0.4, -0.2) is 37.6 Å². The van der Waals surface area contributed by atoms with E-state index in [0.717, 1.165) is 21.5 Å². The van der Waals surface area contributed by atoms with Gasteiger partial charge < -0.3 is 14.4 Å². The molecule has 2 amide bonds.